The summed E-state index contributed by atoms with van der Waals surface area (Å²) in [6, 6.07) is 17.3. The Bertz CT molecular complexity index is 937. The van der Waals surface area contributed by atoms with Crippen LogP contribution in [0.1, 0.15) is 27.4 Å². The van der Waals surface area contributed by atoms with Gasteiger partial charge in [-0.25, -0.2) is 0 Å². The molecule has 0 aliphatic rings. The van der Waals surface area contributed by atoms with Gasteiger partial charge in [-0.3, -0.25) is 9.48 Å². The second-order valence-electron chi connectivity index (χ2n) is 6.23. The van der Waals surface area contributed by atoms with Crippen LogP contribution in [0.15, 0.2) is 88.4 Å². The lowest BCUT2D eigenvalue weighted by molar-refractivity contribution is 0.0704. The Labute approximate surface area is 156 Å². The van der Waals surface area contributed by atoms with E-state index in [9.17, 15) is 4.79 Å². The van der Waals surface area contributed by atoms with Crippen molar-refractivity contribution in [2.75, 3.05) is 0 Å². The zero-order chi connectivity index (χ0) is 18.5. The first-order chi connectivity index (χ1) is 13.3. The molecule has 1 amide bonds. The molecule has 4 aromatic rings. The summed E-state index contributed by atoms with van der Waals surface area (Å²) in [4.78, 5) is 14.7. The van der Waals surface area contributed by atoms with E-state index in [0.717, 1.165) is 5.56 Å². The molecule has 0 fully saturated rings. The fourth-order valence-electron chi connectivity index (χ4n) is 2.89. The van der Waals surface area contributed by atoms with E-state index in [-0.39, 0.29) is 5.91 Å². The van der Waals surface area contributed by atoms with Gasteiger partial charge < -0.3 is 13.7 Å². The van der Waals surface area contributed by atoms with Crippen molar-refractivity contribution in [2.45, 2.75) is 19.6 Å². The number of amides is 1. The highest BCUT2D eigenvalue weighted by atomic mass is 16.3. The van der Waals surface area contributed by atoms with E-state index >= 15 is 0 Å². The molecular weight excluding hydrogens is 342 g/mol. The Hall–Kier alpha value is -3.54. The van der Waals surface area contributed by atoms with Crippen molar-refractivity contribution >= 4 is 5.91 Å². The highest BCUT2D eigenvalue weighted by Crippen LogP contribution is 2.15. The average molecular weight is 361 g/mol. The largest absolute Gasteiger partial charge is 0.467 e. The van der Waals surface area contributed by atoms with Crippen LogP contribution in [0.5, 0.6) is 0 Å². The molecule has 0 radical (unpaired) electrons. The van der Waals surface area contributed by atoms with Crippen LogP contribution in [0, 0.1) is 0 Å². The molecule has 0 N–H and O–H groups in total. The van der Waals surface area contributed by atoms with Crippen LogP contribution < -0.4 is 0 Å². The second kappa shape index (κ2) is 7.78. The number of nitrogens with zero attached hydrogens (tertiary/aromatic N) is 3. The predicted molar refractivity (Wildman–Crippen MR) is 98.8 cm³/mol. The Morgan fingerprint density at radius 1 is 0.926 bits per heavy atom. The third-order valence-corrected chi connectivity index (χ3v) is 4.21. The van der Waals surface area contributed by atoms with Crippen LogP contribution in [0.25, 0.3) is 0 Å². The molecule has 0 bridgehead atoms. The first kappa shape index (κ1) is 16.9. The van der Waals surface area contributed by atoms with E-state index in [1.54, 1.807) is 34.5 Å². The molecule has 0 saturated carbocycles. The molecule has 0 saturated heterocycles. The van der Waals surface area contributed by atoms with Gasteiger partial charge in [0.05, 0.1) is 43.9 Å². The van der Waals surface area contributed by atoms with E-state index in [2.05, 4.69) is 5.10 Å². The molecule has 1 aromatic carbocycles. The quantitative estimate of drug-likeness (QED) is 0.500. The van der Waals surface area contributed by atoms with Gasteiger partial charge in [-0.15, -0.1) is 0 Å². The Morgan fingerprint density at radius 3 is 2.19 bits per heavy atom. The van der Waals surface area contributed by atoms with Crippen molar-refractivity contribution in [3.05, 3.63) is 102 Å². The van der Waals surface area contributed by atoms with Crippen LogP contribution in [0.3, 0.4) is 0 Å². The highest BCUT2D eigenvalue weighted by Gasteiger charge is 2.20. The van der Waals surface area contributed by atoms with Crippen LogP contribution >= 0.6 is 0 Å². The SMILES string of the molecule is O=C(c1cnn(Cc2ccccc2)c1)N(Cc1ccco1)Cc1ccco1. The van der Waals surface area contributed by atoms with Crippen LogP contribution in [-0.2, 0) is 19.6 Å². The molecule has 0 unspecified atom stereocenters. The summed E-state index contributed by atoms with van der Waals surface area (Å²) in [6.45, 7) is 1.33. The lowest BCUT2D eigenvalue weighted by Gasteiger charge is -2.19. The molecule has 27 heavy (non-hydrogen) atoms. The summed E-state index contributed by atoms with van der Waals surface area (Å²) in [5, 5.41) is 4.33. The zero-order valence-electron chi connectivity index (χ0n) is 14.7. The third-order valence-electron chi connectivity index (χ3n) is 4.21. The lowest BCUT2D eigenvalue weighted by Crippen LogP contribution is -2.29. The Morgan fingerprint density at radius 2 is 1.59 bits per heavy atom. The van der Waals surface area contributed by atoms with E-state index in [0.29, 0.717) is 36.7 Å². The van der Waals surface area contributed by atoms with Crippen molar-refractivity contribution in [3.8, 4) is 0 Å². The minimum Gasteiger partial charge on any atom is -0.467 e. The molecule has 6 heteroatoms. The number of hydrogen-bond donors (Lipinski definition) is 0. The maximum atomic E-state index is 13.1. The summed E-state index contributed by atoms with van der Waals surface area (Å²) >= 11 is 0. The normalized spacial score (nSPS) is 10.8. The summed E-state index contributed by atoms with van der Waals surface area (Å²) in [5.41, 5.74) is 1.66. The van der Waals surface area contributed by atoms with Crippen molar-refractivity contribution in [1.82, 2.24) is 14.7 Å². The number of rotatable bonds is 7. The molecule has 3 heterocycles. The van der Waals surface area contributed by atoms with Gasteiger partial charge in [0.1, 0.15) is 11.5 Å². The molecular formula is C21H19N3O3. The number of carbonyl (C=O) groups is 1. The summed E-state index contributed by atoms with van der Waals surface area (Å²) in [6.07, 6.45) is 6.57. The number of carbonyl (C=O) groups excluding carboxylic acids is 1. The van der Waals surface area contributed by atoms with Gasteiger partial charge in [-0.2, -0.15) is 5.10 Å². The summed E-state index contributed by atoms with van der Waals surface area (Å²) in [7, 11) is 0. The molecule has 0 spiro atoms. The van der Waals surface area contributed by atoms with Gasteiger partial charge in [0.25, 0.3) is 5.91 Å². The monoisotopic (exact) mass is 361 g/mol. The van der Waals surface area contributed by atoms with Gasteiger partial charge >= 0.3 is 0 Å². The molecule has 6 nitrogen and oxygen atoms in total. The molecule has 3 aromatic heterocycles. The fourth-order valence-corrected chi connectivity index (χ4v) is 2.89. The standard InChI is InChI=1S/C21H19N3O3/c25-21(18-12-22-24(14-18)13-17-6-2-1-3-7-17)23(15-19-8-4-10-26-19)16-20-9-5-11-27-20/h1-12,14H,13,15-16H2. The smallest absolute Gasteiger partial charge is 0.257 e. The molecule has 4 rings (SSSR count). The minimum absolute atomic E-state index is 0.123. The van der Waals surface area contributed by atoms with Gasteiger partial charge in [0, 0.05) is 6.20 Å². The Balaban J connectivity index is 1.52. The number of aromatic nitrogens is 2. The summed E-state index contributed by atoms with van der Waals surface area (Å²) < 4.78 is 12.6. The molecule has 136 valence electrons. The topological polar surface area (TPSA) is 64.4 Å². The first-order valence-electron chi connectivity index (χ1n) is 8.68. The maximum absolute atomic E-state index is 13.1. The Kier molecular flexibility index (Phi) is 4.87. The fraction of sp³-hybridized carbons (Fsp3) is 0.143. The second-order valence-corrected chi connectivity index (χ2v) is 6.23. The van der Waals surface area contributed by atoms with Crippen molar-refractivity contribution in [2.24, 2.45) is 0 Å². The van der Waals surface area contributed by atoms with E-state index < -0.39 is 0 Å². The van der Waals surface area contributed by atoms with Crippen molar-refractivity contribution < 1.29 is 13.6 Å². The molecule has 0 atom stereocenters. The average Bonchev–Trinajstić information content (AvgIpc) is 3.45. The number of benzene rings is 1. The summed E-state index contributed by atoms with van der Waals surface area (Å²) in [5.74, 6) is 1.31. The van der Waals surface area contributed by atoms with Crippen LogP contribution in [0.4, 0.5) is 0 Å². The lowest BCUT2D eigenvalue weighted by atomic mass is 10.2. The van der Waals surface area contributed by atoms with Gasteiger partial charge in [0.2, 0.25) is 0 Å². The van der Waals surface area contributed by atoms with E-state index in [1.165, 1.54) is 0 Å². The maximum Gasteiger partial charge on any atom is 0.257 e. The predicted octanol–water partition coefficient (Wildman–Crippen LogP) is 3.96. The van der Waals surface area contributed by atoms with E-state index in [4.69, 9.17) is 8.83 Å². The highest BCUT2D eigenvalue weighted by molar-refractivity contribution is 5.93. The van der Waals surface area contributed by atoms with Gasteiger partial charge in [0.15, 0.2) is 0 Å². The van der Waals surface area contributed by atoms with Crippen molar-refractivity contribution in [3.63, 3.8) is 0 Å². The third kappa shape index (κ3) is 4.17. The minimum atomic E-state index is -0.123. The number of hydrogen-bond acceptors (Lipinski definition) is 4. The first-order valence-corrected chi connectivity index (χ1v) is 8.68. The zero-order valence-corrected chi connectivity index (χ0v) is 14.7. The van der Waals surface area contributed by atoms with Gasteiger partial charge in [-0.1, -0.05) is 30.3 Å². The molecule has 0 aliphatic heterocycles. The van der Waals surface area contributed by atoms with Crippen LogP contribution in [0.2, 0.25) is 0 Å². The van der Waals surface area contributed by atoms with E-state index in [1.807, 2.05) is 54.6 Å². The van der Waals surface area contributed by atoms with Crippen LogP contribution in [-0.4, -0.2) is 20.6 Å². The number of furan rings is 2. The van der Waals surface area contributed by atoms with Crippen molar-refractivity contribution in [1.29, 1.82) is 0 Å². The molecule has 0 aliphatic carbocycles. The van der Waals surface area contributed by atoms with Gasteiger partial charge in [-0.05, 0) is 29.8 Å².